The number of benzene rings is 2. The average molecular weight is 407 g/mol. The lowest BCUT2D eigenvalue weighted by Crippen LogP contribution is -2.21. The molecule has 142 valence electrons. The number of rotatable bonds is 7. The second-order valence-electron chi connectivity index (χ2n) is 7.09. The van der Waals surface area contributed by atoms with Crippen molar-refractivity contribution >= 4 is 35.0 Å². The number of hydrogen-bond acceptors (Lipinski definition) is 4. The molecule has 2 aromatic rings. The molecule has 0 aliphatic heterocycles. The van der Waals surface area contributed by atoms with Gasteiger partial charge in [0.1, 0.15) is 5.75 Å². The largest absolute Gasteiger partial charge is 0.450 e. The van der Waals surface area contributed by atoms with E-state index in [0.29, 0.717) is 11.3 Å². The van der Waals surface area contributed by atoms with Crippen molar-refractivity contribution in [3.8, 4) is 5.75 Å². The van der Waals surface area contributed by atoms with Crippen molar-refractivity contribution in [3.63, 3.8) is 0 Å². The Balaban J connectivity index is 1.78. The van der Waals surface area contributed by atoms with Crippen LogP contribution in [0.3, 0.4) is 0 Å². The molecule has 3 rings (SSSR count). The fraction of sp³-hybridized carbons (Fsp3) is 0.333. The van der Waals surface area contributed by atoms with Gasteiger partial charge in [0.15, 0.2) is 10.6 Å². The van der Waals surface area contributed by atoms with E-state index < -0.39 is 34.3 Å². The van der Waals surface area contributed by atoms with Crippen LogP contribution in [0, 0.1) is 17.3 Å². The first-order valence-electron chi connectivity index (χ1n) is 8.61. The molecule has 0 bridgehead atoms. The number of hydrogen-bond donors (Lipinski definition) is 0. The number of ketones is 1. The average Bonchev–Trinajstić information content (AvgIpc) is 3.24. The van der Waals surface area contributed by atoms with Crippen LogP contribution >= 0.6 is 23.2 Å². The van der Waals surface area contributed by atoms with Gasteiger partial charge in [-0.2, -0.15) is 0 Å². The summed E-state index contributed by atoms with van der Waals surface area (Å²) >= 11 is 11.4. The summed E-state index contributed by atoms with van der Waals surface area (Å²) in [5.41, 5.74) is 0.146. The Kier molecular flexibility index (Phi) is 5.78. The van der Waals surface area contributed by atoms with E-state index in [0.717, 1.165) is 0 Å². The number of Topliss-reactive ketones (excluding diaryl/α,β-unsaturated/α-hetero) is 1. The first-order chi connectivity index (χ1) is 12.8. The Morgan fingerprint density at radius 2 is 1.48 bits per heavy atom. The van der Waals surface area contributed by atoms with Gasteiger partial charge >= 0.3 is 5.97 Å². The number of carbonyl (C=O) groups excluding carboxylic acids is 2. The summed E-state index contributed by atoms with van der Waals surface area (Å²) < 4.78 is 11.5. The van der Waals surface area contributed by atoms with E-state index in [1.807, 2.05) is 62.4 Å². The molecule has 1 fully saturated rings. The number of alkyl halides is 2. The summed E-state index contributed by atoms with van der Waals surface area (Å²) in [5, 5.41) is 0. The molecule has 1 saturated carbocycles. The summed E-state index contributed by atoms with van der Waals surface area (Å²) in [6.45, 7) is 3.65. The van der Waals surface area contributed by atoms with Crippen molar-refractivity contribution in [1.82, 2.24) is 0 Å². The van der Waals surface area contributed by atoms with Gasteiger partial charge in [0.2, 0.25) is 0 Å². The van der Waals surface area contributed by atoms with Crippen LogP contribution in [0.15, 0.2) is 60.7 Å². The molecule has 1 aliphatic rings. The normalized spacial score (nSPS) is 21.4. The Morgan fingerprint density at radius 3 is 2.04 bits per heavy atom. The Hall–Kier alpha value is -2.04. The van der Waals surface area contributed by atoms with E-state index in [2.05, 4.69) is 0 Å². The highest BCUT2D eigenvalue weighted by Crippen LogP contribution is 2.60. The molecule has 4 nitrogen and oxygen atoms in total. The second-order valence-corrected chi connectivity index (χ2v) is 8.19. The van der Waals surface area contributed by atoms with Crippen LogP contribution in [-0.2, 0) is 14.3 Å². The zero-order chi connectivity index (χ0) is 19.6. The fourth-order valence-electron chi connectivity index (χ4n) is 3.32. The zero-order valence-electron chi connectivity index (χ0n) is 15.0. The molecule has 1 aliphatic carbocycles. The lowest BCUT2D eigenvalue weighted by atomic mass is 10.1. The fourth-order valence-corrected chi connectivity index (χ4v) is 3.59. The van der Waals surface area contributed by atoms with Gasteiger partial charge in [-0.1, -0.05) is 85.6 Å². The predicted molar refractivity (Wildman–Crippen MR) is 104 cm³/mol. The predicted octanol–water partition coefficient (Wildman–Crippen LogP) is 4.95. The molecule has 0 saturated heterocycles. The summed E-state index contributed by atoms with van der Waals surface area (Å²) in [6.07, 6.45) is -0.920. The maximum Gasteiger partial charge on any atom is 0.313 e. The smallest absolute Gasteiger partial charge is 0.313 e. The summed E-state index contributed by atoms with van der Waals surface area (Å²) in [7, 11) is 0. The minimum atomic E-state index is -1.16. The highest BCUT2D eigenvalue weighted by Gasteiger charge is 2.67. The van der Waals surface area contributed by atoms with Crippen molar-refractivity contribution in [2.75, 3.05) is 0 Å². The van der Waals surface area contributed by atoms with Gasteiger partial charge in [-0.25, -0.2) is 0 Å². The van der Waals surface area contributed by atoms with E-state index in [-0.39, 0.29) is 5.78 Å². The SMILES string of the molecule is CC1(C)C(C(=O)OC(Oc2ccccc2)c2ccccc2)C1C(=O)C(Cl)Cl. The molecule has 3 atom stereocenters. The third-order valence-corrected chi connectivity index (χ3v) is 5.31. The number of halogens is 2. The highest BCUT2D eigenvalue weighted by molar-refractivity contribution is 6.54. The van der Waals surface area contributed by atoms with E-state index >= 15 is 0 Å². The molecular weight excluding hydrogens is 387 g/mol. The van der Waals surface area contributed by atoms with Crippen molar-refractivity contribution in [1.29, 1.82) is 0 Å². The first-order valence-corrected chi connectivity index (χ1v) is 9.48. The molecule has 0 aromatic heterocycles. The second kappa shape index (κ2) is 7.91. The van der Waals surface area contributed by atoms with Crippen LogP contribution in [-0.4, -0.2) is 16.6 Å². The summed E-state index contributed by atoms with van der Waals surface area (Å²) in [5.74, 6) is -1.44. The van der Waals surface area contributed by atoms with E-state index in [9.17, 15) is 9.59 Å². The van der Waals surface area contributed by atoms with Crippen LogP contribution in [0.5, 0.6) is 5.75 Å². The van der Waals surface area contributed by atoms with Crippen LogP contribution in [0.1, 0.15) is 25.7 Å². The van der Waals surface area contributed by atoms with Crippen molar-refractivity contribution in [2.24, 2.45) is 17.3 Å². The molecule has 0 amide bonds. The van der Waals surface area contributed by atoms with Gasteiger partial charge in [0.05, 0.1) is 5.92 Å². The van der Waals surface area contributed by atoms with Gasteiger partial charge in [0.25, 0.3) is 6.29 Å². The molecule has 6 heteroatoms. The number of ether oxygens (including phenoxy) is 2. The van der Waals surface area contributed by atoms with Gasteiger partial charge in [0, 0.05) is 11.5 Å². The number of carbonyl (C=O) groups is 2. The molecule has 0 heterocycles. The monoisotopic (exact) mass is 406 g/mol. The van der Waals surface area contributed by atoms with Crippen LogP contribution in [0.2, 0.25) is 0 Å². The Bertz CT molecular complexity index is 805. The van der Waals surface area contributed by atoms with E-state index in [4.69, 9.17) is 32.7 Å². The van der Waals surface area contributed by atoms with Crippen molar-refractivity contribution in [2.45, 2.75) is 25.0 Å². The Labute approximate surface area is 168 Å². The molecule has 2 aromatic carbocycles. The van der Waals surface area contributed by atoms with Crippen molar-refractivity contribution in [3.05, 3.63) is 66.2 Å². The quantitative estimate of drug-likeness (QED) is 0.370. The highest BCUT2D eigenvalue weighted by atomic mass is 35.5. The lowest BCUT2D eigenvalue weighted by molar-refractivity contribution is -0.168. The molecule has 0 spiro atoms. The number of esters is 1. The summed E-state index contributed by atoms with van der Waals surface area (Å²) in [4.78, 5) is 23.8. The topological polar surface area (TPSA) is 52.6 Å². The van der Waals surface area contributed by atoms with E-state index in [1.54, 1.807) is 12.1 Å². The zero-order valence-corrected chi connectivity index (χ0v) is 16.5. The number of para-hydroxylation sites is 1. The molecular formula is C21H20Cl2O4. The maximum absolute atomic E-state index is 12.8. The molecule has 0 N–H and O–H groups in total. The van der Waals surface area contributed by atoms with Gasteiger partial charge in [-0.3, -0.25) is 9.59 Å². The first kappa shape index (κ1) is 19.7. The Morgan fingerprint density at radius 1 is 0.926 bits per heavy atom. The standard InChI is InChI=1S/C21H20Cl2O4/c1-21(2)15(17(24)18(22)23)16(21)19(25)27-20(13-9-5-3-6-10-13)26-14-11-7-4-8-12-14/h3-12,15-16,18,20H,1-2H3. The third kappa shape index (κ3) is 4.28. The van der Waals surface area contributed by atoms with Crippen LogP contribution in [0.4, 0.5) is 0 Å². The lowest BCUT2D eigenvalue weighted by Gasteiger charge is -2.20. The molecule has 0 radical (unpaired) electrons. The minimum Gasteiger partial charge on any atom is -0.450 e. The molecule has 27 heavy (non-hydrogen) atoms. The summed E-state index contributed by atoms with van der Waals surface area (Å²) in [6, 6.07) is 18.3. The third-order valence-electron chi connectivity index (χ3n) is 4.88. The van der Waals surface area contributed by atoms with Gasteiger partial charge in [-0.15, -0.1) is 0 Å². The van der Waals surface area contributed by atoms with Crippen LogP contribution < -0.4 is 4.74 Å². The minimum absolute atomic E-state index is 0.356. The van der Waals surface area contributed by atoms with E-state index in [1.165, 1.54) is 0 Å². The molecule has 3 unspecified atom stereocenters. The maximum atomic E-state index is 12.8. The van der Waals surface area contributed by atoms with Crippen LogP contribution in [0.25, 0.3) is 0 Å². The van der Waals surface area contributed by atoms with Gasteiger partial charge in [-0.05, 0) is 17.5 Å². The van der Waals surface area contributed by atoms with Gasteiger partial charge < -0.3 is 9.47 Å². The van der Waals surface area contributed by atoms with Crippen molar-refractivity contribution < 1.29 is 19.1 Å².